The Labute approximate surface area is 201 Å². The number of methoxy groups -OCH3 is 1. The Morgan fingerprint density at radius 3 is 2.43 bits per heavy atom. The van der Waals surface area contributed by atoms with Crippen LogP contribution in [0.15, 0.2) is 47.3 Å². The number of aliphatic hydroxyl groups is 1. The van der Waals surface area contributed by atoms with Gasteiger partial charge in [0.05, 0.1) is 18.7 Å². The number of ketones is 1. The van der Waals surface area contributed by atoms with Gasteiger partial charge in [-0.3, -0.25) is 9.59 Å². The Morgan fingerprint density at radius 1 is 1.03 bits per heavy atom. The largest absolute Gasteiger partial charge is 0.508 e. The maximum atomic E-state index is 12.1. The van der Waals surface area contributed by atoms with Crippen LogP contribution in [-0.4, -0.2) is 50.1 Å². The molecular weight excluding hydrogens is 452 g/mol. The molecule has 9 heteroatoms. The fourth-order valence-electron chi connectivity index (χ4n) is 4.54. The molecule has 3 aromatic rings. The molecule has 0 amide bonds. The number of nitrogens with zero attached hydrogens (tertiary/aromatic N) is 2. The molecule has 2 atom stereocenters. The number of carbonyl (C=O) groups excluding carboxylic acids is 1. The van der Waals surface area contributed by atoms with Gasteiger partial charge in [-0.25, -0.2) is 9.48 Å². The first-order valence-electron chi connectivity index (χ1n) is 11.2. The van der Waals surface area contributed by atoms with Crippen LogP contribution in [0.3, 0.4) is 0 Å². The SMILES string of the molecule is COc1ccc2c(c1)CCC(C(O)C(=O)O)C2=O.Cn1nc2c(cc1=O)CCc1cc(O)ccc1-2. The highest BCUT2D eigenvalue weighted by molar-refractivity contribution is 6.02. The number of aromatic nitrogens is 2. The number of aliphatic hydroxyl groups excluding tert-OH is 1. The fourth-order valence-corrected chi connectivity index (χ4v) is 4.54. The van der Waals surface area contributed by atoms with Gasteiger partial charge in [0.25, 0.3) is 5.56 Å². The van der Waals surface area contributed by atoms with Gasteiger partial charge in [0.2, 0.25) is 0 Å². The van der Waals surface area contributed by atoms with E-state index in [0.29, 0.717) is 24.2 Å². The first-order chi connectivity index (χ1) is 16.7. The van der Waals surface area contributed by atoms with E-state index in [1.807, 2.05) is 6.07 Å². The number of Topliss-reactive ketones (excluding diaryl/α,β-unsaturated/α-hetero) is 1. The molecule has 2 unspecified atom stereocenters. The van der Waals surface area contributed by atoms with Crippen LogP contribution in [0.2, 0.25) is 0 Å². The number of ether oxygens (including phenoxy) is 1. The van der Waals surface area contributed by atoms with Gasteiger partial charge in [-0.05, 0) is 78.8 Å². The van der Waals surface area contributed by atoms with E-state index < -0.39 is 18.0 Å². The lowest BCUT2D eigenvalue weighted by Crippen LogP contribution is -2.37. The highest BCUT2D eigenvalue weighted by atomic mass is 16.5. The number of phenolic OH excluding ortho intramolecular Hbond substituents is 1. The lowest BCUT2D eigenvalue weighted by Gasteiger charge is -2.25. The Kier molecular flexibility index (Phi) is 6.70. The van der Waals surface area contributed by atoms with Crippen molar-refractivity contribution in [2.75, 3.05) is 7.11 Å². The second kappa shape index (κ2) is 9.71. The number of hydrogen-bond donors (Lipinski definition) is 3. The van der Waals surface area contributed by atoms with Gasteiger partial charge in [0.15, 0.2) is 11.9 Å². The van der Waals surface area contributed by atoms with Crippen LogP contribution in [0.1, 0.15) is 33.5 Å². The number of fused-ring (bicyclic) bond motifs is 4. The van der Waals surface area contributed by atoms with Gasteiger partial charge in [0, 0.05) is 24.2 Å². The number of hydrogen-bond acceptors (Lipinski definition) is 7. The number of carboxylic acid groups (broad SMARTS) is 1. The molecule has 0 bridgehead atoms. The third kappa shape index (κ3) is 4.81. The molecule has 35 heavy (non-hydrogen) atoms. The van der Waals surface area contributed by atoms with Crippen molar-refractivity contribution in [1.29, 1.82) is 0 Å². The standard InChI is InChI=1S/C13H12N2O2.C13H14O5/c1-15-12(17)7-9-3-2-8-6-10(16)4-5-11(8)13(9)14-15;1-18-8-3-5-9-7(6-8)2-4-10(11(9)14)12(15)13(16)17/h4-7,16H,2-3H2,1H3;3,5-6,10,12,15H,2,4H2,1H3,(H,16,17). The van der Waals surface area contributed by atoms with E-state index in [0.717, 1.165) is 40.8 Å². The van der Waals surface area contributed by atoms with Crippen molar-refractivity contribution < 1.29 is 29.6 Å². The molecule has 0 saturated heterocycles. The minimum atomic E-state index is -1.63. The number of aryl methyl sites for hydroxylation is 4. The summed E-state index contributed by atoms with van der Waals surface area (Å²) in [6.07, 6.45) is 0.910. The molecule has 2 aromatic carbocycles. The van der Waals surface area contributed by atoms with E-state index in [2.05, 4.69) is 5.10 Å². The van der Waals surface area contributed by atoms with E-state index in [-0.39, 0.29) is 17.1 Å². The van der Waals surface area contributed by atoms with Gasteiger partial charge < -0.3 is 20.1 Å². The van der Waals surface area contributed by atoms with E-state index in [1.165, 1.54) is 4.68 Å². The number of benzene rings is 2. The quantitative estimate of drug-likeness (QED) is 0.520. The van der Waals surface area contributed by atoms with E-state index in [4.69, 9.17) is 9.84 Å². The van der Waals surface area contributed by atoms with Crippen molar-refractivity contribution in [3.8, 4) is 22.8 Å². The smallest absolute Gasteiger partial charge is 0.333 e. The van der Waals surface area contributed by atoms with Gasteiger partial charge in [-0.2, -0.15) is 5.10 Å². The van der Waals surface area contributed by atoms with Crippen molar-refractivity contribution in [3.05, 3.63) is 75.1 Å². The first kappa shape index (κ1) is 24.2. The molecule has 9 nitrogen and oxygen atoms in total. The molecule has 3 N–H and O–H groups in total. The normalized spacial score (nSPS) is 16.7. The van der Waals surface area contributed by atoms with Gasteiger partial charge >= 0.3 is 5.97 Å². The van der Waals surface area contributed by atoms with Crippen molar-refractivity contribution in [2.24, 2.45) is 13.0 Å². The van der Waals surface area contributed by atoms with E-state index >= 15 is 0 Å². The number of rotatable bonds is 3. The molecule has 2 aliphatic rings. The average molecular weight is 479 g/mol. The topological polar surface area (TPSA) is 139 Å². The average Bonchev–Trinajstić information content (AvgIpc) is 2.84. The van der Waals surface area contributed by atoms with Crippen LogP contribution < -0.4 is 10.3 Å². The minimum absolute atomic E-state index is 0.0778. The van der Waals surface area contributed by atoms with Gasteiger partial charge in [-0.15, -0.1) is 0 Å². The molecule has 0 spiro atoms. The molecule has 2 aliphatic carbocycles. The summed E-state index contributed by atoms with van der Waals surface area (Å²) in [5, 5.41) is 32.0. The van der Waals surface area contributed by atoms with Gasteiger partial charge in [-0.1, -0.05) is 0 Å². The molecule has 1 aromatic heterocycles. The van der Waals surface area contributed by atoms with Crippen molar-refractivity contribution >= 4 is 11.8 Å². The van der Waals surface area contributed by atoms with Crippen molar-refractivity contribution in [3.63, 3.8) is 0 Å². The third-order valence-corrected chi connectivity index (χ3v) is 6.45. The molecule has 0 aliphatic heterocycles. The predicted octanol–water partition coefficient (Wildman–Crippen LogP) is 2.14. The summed E-state index contributed by atoms with van der Waals surface area (Å²) in [6, 6.07) is 12.0. The maximum absolute atomic E-state index is 12.1. The van der Waals surface area contributed by atoms with Crippen molar-refractivity contribution in [1.82, 2.24) is 9.78 Å². The molecule has 5 rings (SSSR count). The molecule has 1 heterocycles. The molecule has 0 fully saturated rings. The minimum Gasteiger partial charge on any atom is -0.508 e. The highest BCUT2D eigenvalue weighted by Crippen LogP contribution is 2.33. The summed E-state index contributed by atoms with van der Waals surface area (Å²) >= 11 is 0. The Morgan fingerprint density at radius 2 is 1.71 bits per heavy atom. The van der Waals surface area contributed by atoms with Gasteiger partial charge in [0.1, 0.15) is 11.5 Å². The molecule has 0 saturated carbocycles. The summed E-state index contributed by atoms with van der Waals surface area (Å²) in [5.41, 5.74) is 5.19. The van der Waals surface area contributed by atoms with Crippen LogP contribution in [0.25, 0.3) is 11.3 Å². The fraction of sp³-hybridized carbons (Fsp3) is 0.308. The number of phenols is 1. The van der Waals surface area contributed by atoms with Crippen LogP contribution >= 0.6 is 0 Å². The molecule has 0 radical (unpaired) electrons. The summed E-state index contributed by atoms with van der Waals surface area (Å²) in [7, 11) is 3.20. The Hall–Kier alpha value is -3.98. The van der Waals surface area contributed by atoms with E-state index in [9.17, 15) is 24.6 Å². The zero-order chi connectivity index (χ0) is 25.3. The maximum Gasteiger partial charge on any atom is 0.333 e. The third-order valence-electron chi connectivity index (χ3n) is 6.45. The summed E-state index contributed by atoms with van der Waals surface area (Å²) in [6.45, 7) is 0. The first-order valence-corrected chi connectivity index (χ1v) is 11.2. The van der Waals surface area contributed by atoms with Crippen LogP contribution in [0, 0.1) is 5.92 Å². The Bertz CT molecular complexity index is 1360. The number of aromatic hydroxyl groups is 1. The lowest BCUT2D eigenvalue weighted by molar-refractivity contribution is -0.148. The zero-order valence-corrected chi connectivity index (χ0v) is 19.4. The highest BCUT2D eigenvalue weighted by Gasteiger charge is 2.36. The molecular formula is C26H26N2O7. The summed E-state index contributed by atoms with van der Waals surface area (Å²) in [4.78, 5) is 34.3. The summed E-state index contributed by atoms with van der Waals surface area (Å²) in [5.74, 6) is -1.58. The number of carboxylic acids is 1. The number of carbonyl (C=O) groups is 2. The monoisotopic (exact) mass is 478 g/mol. The predicted molar refractivity (Wildman–Crippen MR) is 127 cm³/mol. The summed E-state index contributed by atoms with van der Waals surface area (Å²) < 4.78 is 6.42. The van der Waals surface area contributed by atoms with Crippen LogP contribution in [0.4, 0.5) is 0 Å². The van der Waals surface area contributed by atoms with E-state index in [1.54, 1.807) is 50.6 Å². The zero-order valence-electron chi connectivity index (χ0n) is 19.4. The second-order valence-electron chi connectivity index (χ2n) is 8.64. The second-order valence-corrected chi connectivity index (χ2v) is 8.64. The van der Waals surface area contributed by atoms with Crippen molar-refractivity contribution in [2.45, 2.75) is 31.8 Å². The molecule has 182 valence electrons. The van der Waals surface area contributed by atoms with Crippen LogP contribution in [0.5, 0.6) is 11.5 Å². The van der Waals surface area contributed by atoms with Crippen LogP contribution in [-0.2, 0) is 31.1 Å². The number of aliphatic carboxylic acids is 1. The Balaban J connectivity index is 0.000000165. The lowest BCUT2D eigenvalue weighted by atomic mass is 9.80.